The number of ether oxygens (including phenoxy) is 1. The summed E-state index contributed by atoms with van der Waals surface area (Å²) in [5.74, 6) is 0.917. The molecule has 2 rings (SSSR count). The molecule has 1 unspecified atom stereocenters. The minimum Gasteiger partial charge on any atom is -0.470 e. The highest BCUT2D eigenvalue weighted by Crippen LogP contribution is 2.23. The van der Waals surface area contributed by atoms with Crippen molar-refractivity contribution in [3.05, 3.63) is 41.8 Å². The van der Waals surface area contributed by atoms with E-state index >= 15 is 0 Å². The fourth-order valence-corrected chi connectivity index (χ4v) is 1.41. The number of rotatable bonds is 1. The molecule has 0 aromatic heterocycles. The Morgan fingerprint density at radius 3 is 2.54 bits per heavy atom. The third kappa shape index (κ3) is 1.80. The molecule has 3 heteroatoms. The molecule has 0 fully saturated rings. The van der Waals surface area contributed by atoms with Gasteiger partial charge in [0.2, 0.25) is 0 Å². The van der Waals surface area contributed by atoms with Crippen LogP contribution >= 0.6 is 12.6 Å². The largest absolute Gasteiger partial charge is 0.470 e. The van der Waals surface area contributed by atoms with Crippen LogP contribution in [-0.2, 0) is 4.74 Å². The molecule has 1 heterocycles. The molecule has 68 valence electrons. The summed E-state index contributed by atoms with van der Waals surface area (Å²) in [6.45, 7) is 1.93. The Hall–Kier alpha value is -1.09. The third-order valence-electron chi connectivity index (χ3n) is 1.94. The Morgan fingerprint density at radius 1 is 1.31 bits per heavy atom. The number of benzene rings is 1. The van der Waals surface area contributed by atoms with Crippen LogP contribution in [0.25, 0.3) is 0 Å². The monoisotopic (exact) mass is 193 g/mol. The van der Waals surface area contributed by atoms with Gasteiger partial charge in [-0.2, -0.15) is 0 Å². The van der Waals surface area contributed by atoms with Crippen LogP contribution in [-0.4, -0.2) is 0 Å². The van der Waals surface area contributed by atoms with E-state index in [1.807, 2.05) is 37.4 Å². The summed E-state index contributed by atoms with van der Waals surface area (Å²) in [6.07, 6.45) is 1.84. The lowest BCUT2D eigenvalue weighted by molar-refractivity contribution is 0.130. The van der Waals surface area contributed by atoms with E-state index in [1.54, 1.807) is 0 Å². The molecular formula is C10H11NOS. The summed E-state index contributed by atoms with van der Waals surface area (Å²) < 4.78 is 5.51. The van der Waals surface area contributed by atoms with Gasteiger partial charge in [0.25, 0.3) is 0 Å². The van der Waals surface area contributed by atoms with Crippen LogP contribution in [0.5, 0.6) is 0 Å². The fourth-order valence-electron chi connectivity index (χ4n) is 1.26. The molecule has 1 aromatic carbocycles. The van der Waals surface area contributed by atoms with Gasteiger partial charge in [-0.1, -0.05) is 12.1 Å². The summed E-state index contributed by atoms with van der Waals surface area (Å²) >= 11 is 4.22. The van der Waals surface area contributed by atoms with Gasteiger partial charge in [-0.15, -0.1) is 12.6 Å². The number of thiol groups is 1. The van der Waals surface area contributed by atoms with E-state index in [9.17, 15) is 0 Å². The summed E-state index contributed by atoms with van der Waals surface area (Å²) in [5.41, 5.74) is 1.12. The van der Waals surface area contributed by atoms with E-state index in [0.29, 0.717) is 0 Å². The lowest BCUT2D eigenvalue weighted by atomic mass is 10.2. The Labute approximate surface area is 83.0 Å². The normalized spacial score (nSPS) is 20.5. The molecule has 0 radical (unpaired) electrons. The molecule has 0 saturated heterocycles. The van der Waals surface area contributed by atoms with Crippen LogP contribution in [0.1, 0.15) is 18.7 Å². The highest BCUT2D eigenvalue weighted by molar-refractivity contribution is 7.80. The van der Waals surface area contributed by atoms with Crippen molar-refractivity contribution in [2.75, 3.05) is 0 Å². The molecule has 0 spiro atoms. The van der Waals surface area contributed by atoms with Crippen LogP contribution in [0, 0.1) is 0 Å². The molecule has 2 nitrogen and oxygen atoms in total. The van der Waals surface area contributed by atoms with E-state index < -0.39 is 0 Å². The zero-order chi connectivity index (χ0) is 9.26. The van der Waals surface area contributed by atoms with Crippen molar-refractivity contribution in [1.82, 2.24) is 5.32 Å². The smallest absolute Gasteiger partial charge is 0.195 e. The first kappa shape index (κ1) is 8.51. The molecule has 0 amide bonds. The maximum absolute atomic E-state index is 5.51. The molecular weight excluding hydrogens is 182 g/mol. The minimum absolute atomic E-state index is 0.0334. The predicted octanol–water partition coefficient (Wildman–Crippen LogP) is 2.46. The molecule has 0 saturated carbocycles. The molecule has 13 heavy (non-hydrogen) atoms. The maximum Gasteiger partial charge on any atom is 0.195 e. The maximum atomic E-state index is 5.51. The van der Waals surface area contributed by atoms with E-state index in [-0.39, 0.29) is 6.23 Å². The standard InChI is InChI=1S/C10H11NOS/c1-7-6-11-10(12-7)8-2-4-9(13)5-3-8/h2-6,10-11,13H,1H3. The summed E-state index contributed by atoms with van der Waals surface area (Å²) in [6, 6.07) is 7.92. The van der Waals surface area contributed by atoms with Gasteiger partial charge >= 0.3 is 0 Å². The average molecular weight is 193 g/mol. The fraction of sp³-hybridized carbons (Fsp3) is 0.200. The van der Waals surface area contributed by atoms with Crippen molar-refractivity contribution in [3.8, 4) is 0 Å². The summed E-state index contributed by atoms with van der Waals surface area (Å²) in [4.78, 5) is 0.964. The number of nitrogens with one attached hydrogen (secondary N) is 1. The van der Waals surface area contributed by atoms with Crippen LogP contribution in [0.2, 0.25) is 0 Å². The molecule has 1 aromatic rings. The van der Waals surface area contributed by atoms with E-state index in [2.05, 4.69) is 17.9 Å². The number of hydrogen-bond donors (Lipinski definition) is 2. The van der Waals surface area contributed by atoms with Gasteiger partial charge in [0.15, 0.2) is 6.23 Å². The highest BCUT2D eigenvalue weighted by Gasteiger charge is 2.15. The van der Waals surface area contributed by atoms with Gasteiger partial charge < -0.3 is 10.1 Å². The van der Waals surface area contributed by atoms with Gasteiger partial charge in [0.1, 0.15) is 5.76 Å². The number of hydrogen-bond acceptors (Lipinski definition) is 3. The van der Waals surface area contributed by atoms with Crippen molar-refractivity contribution in [2.24, 2.45) is 0 Å². The van der Waals surface area contributed by atoms with Crippen LogP contribution in [0.4, 0.5) is 0 Å². The lowest BCUT2D eigenvalue weighted by Crippen LogP contribution is -2.10. The molecule has 1 N–H and O–H groups in total. The first-order chi connectivity index (χ1) is 6.25. The van der Waals surface area contributed by atoms with Crippen LogP contribution in [0.15, 0.2) is 41.1 Å². The first-order valence-electron chi connectivity index (χ1n) is 4.14. The Balaban J connectivity index is 2.14. The second kappa shape index (κ2) is 3.34. The first-order valence-corrected chi connectivity index (χ1v) is 4.59. The average Bonchev–Trinajstić information content (AvgIpc) is 2.53. The zero-order valence-electron chi connectivity index (χ0n) is 7.32. The van der Waals surface area contributed by atoms with Crippen molar-refractivity contribution < 1.29 is 4.74 Å². The zero-order valence-corrected chi connectivity index (χ0v) is 8.21. The second-order valence-corrected chi connectivity index (χ2v) is 3.53. The van der Waals surface area contributed by atoms with Gasteiger partial charge in [-0.3, -0.25) is 0 Å². The molecule has 1 aliphatic rings. The Bertz CT molecular complexity index is 331. The molecule has 0 aliphatic carbocycles. The van der Waals surface area contributed by atoms with Gasteiger partial charge in [0.05, 0.1) is 0 Å². The van der Waals surface area contributed by atoms with Crippen LogP contribution in [0.3, 0.4) is 0 Å². The molecule has 0 bridgehead atoms. The van der Waals surface area contributed by atoms with Crippen molar-refractivity contribution in [3.63, 3.8) is 0 Å². The highest BCUT2D eigenvalue weighted by atomic mass is 32.1. The van der Waals surface area contributed by atoms with Gasteiger partial charge in [-0.05, 0) is 19.1 Å². The molecule has 1 aliphatic heterocycles. The van der Waals surface area contributed by atoms with E-state index in [4.69, 9.17) is 4.74 Å². The quantitative estimate of drug-likeness (QED) is 0.668. The predicted molar refractivity (Wildman–Crippen MR) is 54.4 cm³/mol. The summed E-state index contributed by atoms with van der Waals surface area (Å²) in [5, 5.41) is 3.13. The lowest BCUT2D eigenvalue weighted by Gasteiger charge is -2.12. The van der Waals surface area contributed by atoms with E-state index in [1.165, 1.54) is 0 Å². The topological polar surface area (TPSA) is 21.3 Å². The Kier molecular flexibility index (Phi) is 2.19. The minimum atomic E-state index is -0.0334. The third-order valence-corrected chi connectivity index (χ3v) is 2.24. The van der Waals surface area contributed by atoms with Crippen LogP contribution < -0.4 is 5.32 Å². The Morgan fingerprint density at radius 2 is 2.00 bits per heavy atom. The van der Waals surface area contributed by atoms with Crippen molar-refractivity contribution in [2.45, 2.75) is 18.0 Å². The molecule has 1 atom stereocenters. The van der Waals surface area contributed by atoms with Crippen molar-refractivity contribution >= 4 is 12.6 Å². The SMILES string of the molecule is CC1=CNC(c2ccc(S)cc2)O1. The van der Waals surface area contributed by atoms with Crippen molar-refractivity contribution in [1.29, 1.82) is 0 Å². The van der Waals surface area contributed by atoms with E-state index in [0.717, 1.165) is 16.2 Å². The van der Waals surface area contributed by atoms with Gasteiger partial charge in [0, 0.05) is 16.7 Å². The van der Waals surface area contributed by atoms with Gasteiger partial charge in [-0.25, -0.2) is 0 Å². The second-order valence-electron chi connectivity index (χ2n) is 3.01. The number of allylic oxidation sites excluding steroid dienone is 1. The summed E-state index contributed by atoms with van der Waals surface area (Å²) in [7, 11) is 0.